The van der Waals surface area contributed by atoms with Crippen LogP contribution in [-0.2, 0) is 9.53 Å². The van der Waals surface area contributed by atoms with Crippen molar-refractivity contribution in [2.24, 2.45) is 5.92 Å². The third-order valence-electron chi connectivity index (χ3n) is 3.71. The zero-order valence-electron chi connectivity index (χ0n) is 8.84. The van der Waals surface area contributed by atoms with Gasteiger partial charge in [0.05, 0.1) is 0 Å². The number of ether oxygens (including phenoxy) is 1. The van der Waals surface area contributed by atoms with Gasteiger partial charge in [-0.2, -0.15) is 0 Å². The predicted octanol–water partition coefficient (Wildman–Crippen LogP) is 2.83. The third kappa shape index (κ3) is 1.70. The molecule has 0 aromatic heterocycles. The average molecular weight is 194 g/mol. The Morgan fingerprint density at radius 1 is 1.43 bits per heavy atom. The van der Waals surface area contributed by atoms with Crippen molar-refractivity contribution in [3.63, 3.8) is 0 Å². The quantitative estimate of drug-likeness (QED) is 0.474. The van der Waals surface area contributed by atoms with E-state index in [0.29, 0.717) is 12.3 Å². The minimum atomic E-state index is -0.0803. The largest absolute Gasteiger partial charge is 0.459 e. The second-order valence-electron chi connectivity index (χ2n) is 4.78. The number of allylic oxidation sites excluding steroid dienone is 1. The molecule has 2 nitrogen and oxygen atoms in total. The summed E-state index contributed by atoms with van der Waals surface area (Å²) in [5.74, 6) is 0.652. The number of carbonyl (C=O) groups excluding carboxylic acids is 1. The summed E-state index contributed by atoms with van der Waals surface area (Å²) in [6, 6.07) is 0. The lowest BCUT2D eigenvalue weighted by molar-refractivity contribution is -0.151. The molecule has 0 atom stereocenters. The topological polar surface area (TPSA) is 26.3 Å². The highest BCUT2D eigenvalue weighted by atomic mass is 16.6. The Morgan fingerprint density at radius 2 is 2.07 bits per heavy atom. The molecule has 2 rings (SSSR count). The SMILES string of the molecule is C=C(C)C1CCC2(CCC(=O)O2)CC1. The summed E-state index contributed by atoms with van der Waals surface area (Å²) in [7, 11) is 0. The predicted molar refractivity (Wildman–Crippen MR) is 54.8 cm³/mol. The van der Waals surface area contributed by atoms with Crippen LogP contribution in [0, 0.1) is 5.92 Å². The molecule has 0 bridgehead atoms. The molecule has 1 spiro atoms. The van der Waals surface area contributed by atoms with E-state index in [1.165, 1.54) is 5.57 Å². The standard InChI is InChI=1S/C12H18O2/c1-9(2)10-3-6-12(7-4-10)8-5-11(13)14-12/h10H,1,3-8H2,2H3. The van der Waals surface area contributed by atoms with Crippen LogP contribution in [0.15, 0.2) is 12.2 Å². The van der Waals surface area contributed by atoms with Crippen LogP contribution >= 0.6 is 0 Å². The van der Waals surface area contributed by atoms with E-state index in [1.54, 1.807) is 0 Å². The van der Waals surface area contributed by atoms with E-state index in [-0.39, 0.29) is 11.6 Å². The van der Waals surface area contributed by atoms with Gasteiger partial charge in [-0.15, -0.1) is 0 Å². The molecule has 78 valence electrons. The molecule has 1 saturated carbocycles. The summed E-state index contributed by atoms with van der Waals surface area (Å²) in [5, 5.41) is 0. The van der Waals surface area contributed by atoms with Gasteiger partial charge in [-0.05, 0) is 44.9 Å². The molecule has 0 aromatic rings. The molecule has 2 fully saturated rings. The minimum Gasteiger partial charge on any atom is -0.459 e. The first-order valence-electron chi connectivity index (χ1n) is 5.49. The van der Waals surface area contributed by atoms with Gasteiger partial charge >= 0.3 is 5.97 Å². The minimum absolute atomic E-state index is 0.00113. The van der Waals surface area contributed by atoms with Crippen LogP contribution in [0.4, 0.5) is 0 Å². The van der Waals surface area contributed by atoms with E-state index >= 15 is 0 Å². The fourth-order valence-electron chi connectivity index (χ4n) is 2.66. The van der Waals surface area contributed by atoms with Crippen LogP contribution in [0.5, 0.6) is 0 Å². The molecule has 1 aliphatic carbocycles. The normalized spacial score (nSPS) is 37.2. The van der Waals surface area contributed by atoms with Crippen LogP contribution in [-0.4, -0.2) is 11.6 Å². The number of esters is 1. The van der Waals surface area contributed by atoms with Gasteiger partial charge in [0, 0.05) is 6.42 Å². The van der Waals surface area contributed by atoms with Crippen molar-refractivity contribution in [3.05, 3.63) is 12.2 Å². The van der Waals surface area contributed by atoms with Crippen molar-refractivity contribution in [3.8, 4) is 0 Å². The van der Waals surface area contributed by atoms with Crippen molar-refractivity contribution in [1.82, 2.24) is 0 Å². The first-order valence-corrected chi connectivity index (χ1v) is 5.49. The van der Waals surface area contributed by atoms with E-state index in [2.05, 4.69) is 13.5 Å². The fourth-order valence-corrected chi connectivity index (χ4v) is 2.66. The molecule has 14 heavy (non-hydrogen) atoms. The van der Waals surface area contributed by atoms with Gasteiger partial charge in [0.1, 0.15) is 5.60 Å². The highest BCUT2D eigenvalue weighted by molar-refractivity contribution is 5.72. The maximum atomic E-state index is 11.1. The summed E-state index contributed by atoms with van der Waals surface area (Å²) in [6.07, 6.45) is 5.92. The van der Waals surface area contributed by atoms with Crippen molar-refractivity contribution in [1.29, 1.82) is 0 Å². The fraction of sp³-hybridized carbons (Fsp3) is 0.750. The molecule has 0 aromatic carbocycles. The van der Waals surface area contributed by atoms with E-state index in [9.17, 15) is 4.79 Å². The molecular weight excluding hydrogens is 176 g/mol. The molecule has 0 unspecified atom stereocenters. The second kappa shape index (κ2) is 3.41. The number of carbonyl (C=O) groups is 1. The Morgan fingerprint density at radius 3 is 2.50 bits per heavy atom. The molecule has 0 amide bonds. The lowest BCUT2D eigenvalue weighted by Crippen LogP contribution is -2.33. The molecule has 1 heterocycles. The lowest BCUT2D eigenvalue weighted by atomic mass is 9.75. The van der Waals surface area contributed by atoms with Gasteiger partial charge < -0.3 is 4.74 Å². The highest BCUT2D eigenvalue weighted by Gasteiger charge is 2.42. The second-order valence-corrected chi connectivity index (χ2v) is 4.78. The van der Waals surface area contributed by atoms with Crippen LogP contribution in [0.3, 0.4) is 0 Å². The smallest absolute Gasteiger partial charge is 0.306 e. The Labute approximate surface area is 85.3 Å². The van der Waals surface area contributed by atoms with Crippen molar-refractivity contribution in [2.45, 2.75) is 51.0 Å². The van der Waals surface area contributed by atoms with E-state index < -0.39 is 0 Å². The molecule has 1 saturated heterocycles. The molecule has 2 aliphatic rings. The Kier molecular flexibility index (Phi) is 2.38. The molecule has 0 N–H and O–H groups in total. The van der Waals surface area contributed by atoms with Gasteiger partial charge in [0.2, 0.25) is 0 Å². The van der Waals surface area contributed by atoms with Crippen molar-refractivity contribution >= 4 is 5.97 Å². The monoisotopic (exact) mass is 194 g/mol. The molecule has 0 radical (unpaired) electrons. The average Bonchev–Trinajstić information content (AvgIpc) is 2.48. The van der Waals surface area contributed by atoms with Gasteiger partial charge in [-0.1, -0.05) is 12.2 Å². The molecule has 1 aliphatic heterocycles. The third-order valence-corrected chi connectivity index (χ3v) is 3.71. The summed E-state index contributed by atoms with van der Waals surface area (Å²) < 4.78 is 5.45. The maximum Gasteiger partial charge on any atom is 0.306 e. The summed E-state index contributed by atoms with van der Waals surface area (Å²) in [6.45, 7) is 6.10. The van der Waals surface area contributed by atoms with Crippen molar-refractivity contribution < 1.29 is 9.53 Å². The van der Waals surface area contributed by atoms with Gasteiger partial charge in [-0.3, -0.25) is 4.79 Å². The maximum absolute atomic E-state index is 11.1. The Hall–Kier alpha value is -0.790. The van der Waals surface area contributed by atoms with Crippen LogP contribution < -0.4 is 0 Å². The zero-order chi connectivity index (χ0) is 10.2. The first kappa shape index (κ1) is 9.75. The highest BCUT2D eigenvalue weighted by Crippen LogP contribution is 2.43. The van der Waals surface area contributed by atoms with E-state index in [4.69, 9.17) is 4.74 Å². The Bertz CT molecular complexity index is 259. The van der Waals surface area contributed by atoms with Crippen LogP contribution in [0.2, 0.25) is 0 Å². The zero-order valence-corrected chi connectivity index (χ0v) is 8.84. The van der Waals surface area contributed by atoms with Crippen LogP contribution in [0.25, 0.3) is 0 Å². The van der Waals surface area contributed by atoms with Crippen molar-refractivity contribution in [2.75, 3.05) is 0 Å². The van der Waals surface area contributed by atoms with E-state index in [0.717, 1.165) is 32.1 Å². The summed E-state index contributed by atoms with van der Waals surface area (Å²) in [4.78, 5) is 11.1. The van der Waals surface area contributed by atoms with E-state index in [1.807, 2.05) is 0 Å². The summed E-state index contributed by atoms with van der Waals surface area (Å²) in [5.41, 5.74) is 1.20. The van der Waals surface area contributed by atoms with Gasteiger partial charge in [-0.25, -0.2) is 0 Å². The van der Waals surface area contributed by atoms with Crippen LogP contribution in [0.1, 0.15) is 45.4 Å². The first-order chi connectivity index (χ1) is 6.61. The Balaban J connectivity index is 1.95. The van der Waals surface area contributed by atoms with Gasteiger partial charge in [0.25, 0.3) is 0 Å². The number of hydrogen-bond donors (Lipinski definition) is 0. The van der Waals surface area contributed by atoms with Gasteiger partial charge in [0.15, 0.2) is 0 Å². The summed E-state index contributed by atoms with van der Waals surface area (Å²) >= 11 is 0. The molecular formula is C12H18O2. The lowest BCUT2D eigenvalue weighted by Gasteiger charge is -2.35. The number of hydrogen-bond acceptors (Lipinski definition) is 2. The number of rotatable bonds is 1. The molecule has 2 heteroatoms.